The van der Waals surface area contributed by atoms with Gasteiger partial charge in [-0.25, -0.2) is 17.2 Å². The zero-order valence-corrected chi connectivity index (χ0v) is 11.8. The van der Waals surface area contributed by atoms with Gasteiger partial charge >= 0.3 is 6.29 Å². The van der Waals surface area contributed by atoms with Crippen LogP contribution in [0.4, 0.5) is 23.2 Å². The molecule has 1 N–H and O–H groups in total. The average Bonchev–Trinajstić information content (AvgIpc) is 2.73. The van der Waals surface area contributed by atoms with Gasteiger partial charge < -0.3 is 9.47 Å². The van der Waals surface area contributed by atoms with E-state index in [4.69, 9.17) is 0 Å². The zero-order chi connectivity index (χ0) is 16.8. The van der Waals surface area contributed by atoms with Crippen molar-refractivity contribution in [3.05, 3.63) is 48.0 Å². The fourth-order valence-electron chi connectivity index (χ4n) is 1.94. The highest BCUT2D eigenvalue weighted by Crippen LogP contribution is 2.46. The van der Waals surface area contributed by atoms with Gasteiger partial charge in [0.05, 0.1) is 5.69 Å². The van der Waals surface area contributed by atoms with Crippen molar-refractivity contribution in [3.63, 3.8) is 0 Å². The van der Waals surface area contributed by atoms with Crippen LogP contribution in [0.2, 0.25) is 0 Å². The topological polar surface area (TPSA) is 64.6 Å². The number of hydrogen-bond acceptors (Lipinski definition) is 4. The molecule has 1 aliphatic rings. The first-order valence-corrected chi connectivity index (χ1v) is 7.53. The minimum atomic E-state index is -4.49. The summed E-state index contributed by atoms with van der Waals surface area (Å²) in [4.78, 5) is -0.845. The number of sulfonamides is 1. The molecule has 2 aromatic rings. The Balaban J connectivity index is 1.99. The maximum Gasteiger partial charge on any atom is 0.586 e. The van der Waals surface area contributed by atoms with E-state index in [1.54, 1.807) is 0 Å². The zero-order valence-electron chi connectivity index (χ0n) is 11.0. The van der Waals surface area contributed by atoms with Crippen LogP contribution in [0, 0.1) is 11.6 Å². The van der Waals surface area contributed by atoms with E-state index >= 15 is 0 Å². The van der Waals surface area contributed by atoms with Crippen LogP contribution in [0.25, 0.3) is 0 Å². The molecule has 0 bridgehead atoms. The van der Waals surface area contributed by atoms with Crippen LogP contribution < -0.4 is 14.2 Å². The highest BCUT2D eigenvalue weighted by Gasteiger charge is 2.45. The molecule has 0 aliphatic carbocycles. The van der Waals surface area contributed by atoms with Crippen LogP contribution in [0.15, 0.2) is 41.3 Å². The smallest absolute Gasteiger partial charge is 0.395 e. The summed E-state index contributed by atoms with van der Waals surface area (Å²) in [6.45, 7) is 0. The van der Waals surface area contributed by atoms with Gasteiger partial charge in [-0.05, 0) is 24.3 Å². The second-order valence-corrected chi connectivity index (χ2v) is 6.13. The first-order chi connectivity index (χ1) is 10.7. The molecule has 1 heterocycles. The predicted molar refractivity (Wildman–Crippen MR) is 69.8 cm³/mol. The molecule has 5 nitrogen and oxygen atoms in total. The molecule has 0 radical (unpaired) electrons. The van der Waals surface area contributed by atoms with Gasteiger partial charge in [0.15, 0.2) is 11.5 Å². The first kappa shape index (κ1) is 15.4. The first-order valence-electron chi connectivity index (χ1n) is 6.05. The molecular formula is C13H7F4NO4S. The van der Waals surface area contributed by atoms with E-state index < -0.39 is 38.6 Å². The molecule has 23 heavy (non-hydrogen) atoms. The van der Waals surface area contributed by atoms with E-state index in [0.717, 1.165) is 18.2 Å². The van der Waals surface area contributed by atoms with Gasteiger partial charge in [0, 0.05) is 6.07 Å². The van der Waals surface area contributed by atoms with Crippen LogP contribution in [-0.4, -0.2) is 14.7 Å². The lowest BCUT2D eigenvalue weighted by atomic mass is 10.3. The minimum absolute atomic E-state index is 0.372. The normalized spacial score (nSPS) is 15.5. The molecule has 0 amide bonds. The highest BCUT2D eigenvalue weighted by molar-refractivity contribution is 7.92. The van der Waals surface area contributed by atoms with Gasteiger partial charge in [0.25, 0.3) is 10.0 Å². The lowest BCUT2D eigenvalue weighted by molar-refractivity contribution is -0.286. The molecule has 0 atom stereocenters. The number of para-hydroxylation sites is 1. The molecule has 122 valence electrons. The highest BCUT2D eigenvalue weighted by atomic mass is 32.2. The number of anilines is 1. The SMILES string of the molecule is O=S(=O)(Nc1cccc2c1OC(F)(F)O2)c1ccc(F)cc1F. The van der Waals surface area contributed by atoms with E-state index in [1.807, 2.05) is 4.72 Å². The Labute approximate surface area is 127 Å². The average molecular weight is 349 g/mol. The molecule has 0 saturated carbocycles. The summed E-state index contributed by atoms with van der Waals surface area (Å²) in [5.74, 6) is -3.20. The Kier molecular flexibility index (Phi) is 3.36. The number of rotatable bonds is 3. The van der Waals surface area contributed by atoms with Crippen molar-refractivity contribution < 1.29 is 35.5 Å². The van der Waals surface area contributed by atoms with Crippen molar-refractivity contribution in [1.29, 1.82) is 0 Å². The van der Waals surface area contributed by atoms with Gasteiger partial charge in [-0.15, -0.1) is 8.78 Å². The van der Waals surface area contributed by atoms with Crippen molar-refractivity contribution in [1.82, 2.24) is 0 Å². The fourth-order valence-corrected chi connectivity index (χ4v) is 3.07. The standard InChI is InChI=1S/C13H7F4NO4S/c14-7-4-5-11(8(15)6-7)23(19,20)18-9-2-1-3-10-12(9)22-13(16,17)21-10/h1-6,18H. The number of nitrogens with one attached hydrogen (secondary N) is 1. The maximum absolute atomic E-state index is 13.6. The van der Waals surface area contributed by atoms with Crippen LogP contribution in [0.1, 0.15) is 0 Å². The molecule has 0 unspecified atom stereocenters. The lowest BCUT2D eigenvalue weighted by Gasteiger charge is -2.11. The van der Waals surface area contributed by atoms with Crippen LogP contribution in [0.5, 0.6) is 11.5 Å². The summed E-state index contributed by atoms with van der Waals surface area (Å²) in [6.07, 6.45) is -3.94. The van der Waals surface area contributed by atoms with E-state index in [-0.39, 0.29) is 11.4 Å². The summed E-state index contributed by atoms with van der Waals surface area (Å²) in [6, 6.07) is 5.36. The number of ether oxygens (including phenoxy) is 2. The molecular weight excluding hydrogens is 342 g/mol. The van der Waals surface area contributed by atoms with Gasteiger partial charge in [-0.3, -0.25) is 4.72 Å². The Morgan fingerprint density at radius 3 is 2.48 bits per heavy atom. The summed E-state index contributed by atoms with van der Waals surface area (Å²) in [5.41, 5.74) is -0.372. The molecule has 1 aliphatic heterocycles. The maximum atomic E-state index is 13.6. The quantitative estimate of drug-likeness (QED) is 0.865. The van der Waals surface area contributed by atoms with Gasteiger partial charge in [0.2, 0.25) is 0 Å². The largest absolute Gasteiger partial charge is 0.586 e. The van der Waals surface area contributed by atoms with Gasteiger partial charge in [-0.2, -0.15) is 0 Å². The third kappa shape index (κ3) is 2.89. The van der Waals surface area contributed by atoms with Crippen molar-refractivity contribution in [2.45, 2.75) is 11.2 Å². The van der Waals surface area contributed by atoms with Crippen LogP contribution in [0.3, 0.4) is 0 Å². The van der Waals surface area contributed by atoms with E-state index in [9.17, 15) is 26.0 Å². The van der Waals surface area contributed by atoms with E-state index in [2.05, 4.69) is 9.47 Å². The Bertz CT molecular complexity index is 886. The Morgan fingerprint density at radius 1 is 1.04 bits per heavy atom. The summed E-state index contributed by atoms with van der Waals surface area (Å²) < 4.78 is 87.2. The molecule has 0 fully saturated rings. The minimum Gasteiger partial charge on any atom is -0.395 e. The number of halogens is 4. The Morgan fingerprint density at radius 2 is 1.78 bits per heavy atom. The Hall–Kier alpha value is -2.49. The number of alkyl halides is 2. The second kappa shape index (κ2) is 5.01. The predicted octanol–water partition coefficient (Wildman–Crippen LogP) is 3.09. The van der Waals surface area contributed by atoms with Crippen LogP contribution in [-0.2, 0) is 10.0 Å². The lowest BCUT2D eigenvalue weighted by Crippen LogP contribution is -2.26. The van der Waals surface area contributed by atoms with Crippen molar-refractivity contribution in [2.75, 3.05) is 4.72 Å². The summed E-state index contributed by atoms with van der Waals surface area (Å²) >= 11 is 0. The number of fused-ring (bicyclic) bond motifs is 1. The van der Waals surface area contributed by atoms with Crippen LogP contribution >= 0.6 is 0 Å². The molecule has 0 spiro atoms. The number of benzene rings is 2. The molecule has 10 heteroatoms. The van der Waals surface area contributed by atoms with Gasteiger partial charge in [0.1, 0.15) is 16.5 Å². The second-order valence-electron chi connectivity index (χ2n) is 4.48. The number of hydrogen-bond donors (Lipinski definition) is 1. The molecule has 3 rings (SSSR count). The summed E-state index contributed by atoms with van der Waals surface area (Å²) in [7, 11) is -4.49. The third-order valence-corrected chi connectivity index (χ3v) is 4.26. The van der Waals surface area contributed by atoms with Crippen molar-refractivity contribution in [3.8, 4) is 11.5 Å². The van der Waals surface area contributed by atoms with E-state index in [1.165, 1.54) is 6.07 Å². The molecule has 0 aromatic heterocycles. The molecule has 0 saturated heterocycles. The molecule has 2 aromatic carbocycles. The van der Waals surface area contributed by atoms with Crippen molar-refractivity contribution >= 4 is 15.7 Å². The fraction of sp³-hybridized carbons (Fsp3) is 0.0769. The van der Waals surface area contributed by atoms with Gasteiger partial charge in [-0.1, -0.05) is 6.07 Å². The van der Waals surface area contributed by atoms with Crippen molar-refractivity contribution in [2.24, 2.45) is 0 Å². The summed E-state index contributed by atoms with van der Waals surface area (Å²) in [5, 5.41) is 0. The third-order valence-electron chi connectivity index (χ3n) is 2.86. The monoisotopic (exact) mass is 349 g/mol. The van der Waals surface area contributed by atoms with E-state index in [0.29, 0.717) is 12.1 Å².